The van der Waals surface area contributed by atoms with Gasteiger partial charge in [0, 0.05) is 35.5 Å². The first-order valence-electron chi connectivity index (χ1n) is 13.7. The molecular weight excluding hydrogens is 450 g/mol. The van der Waals surface area contributed by atoms with Crippen molar-refractivity contribution in [1.82, 2.24) is 0 Å². The van der Waals surface area contributed by atoms with Crippen molar-refractivity contribution in [2.24, 2.45) is 10.2 Å². The Kier molecular flexibility index (Phi) is 12.0. The molecule has 0 spiro atoms. The van der Waals surface area contributed by atoms with Gasteiger partial charge in [0.15, 0.2) is 0 Å². The smallest absolute Gasteiger partial charge is 0.0857 e. The van der Waals surface area contributed by atoms with E-state index in [1.54, 1.807) is 0 Å². The van der Waals surface area contributed by atoms with Gasteiger partial charge in [0.2, 0.25) is 0 Å². The highest BCUT2D eigenvalue weighted by Crippen LogP contribution is 2.20. The van der Waals surface area contributed by atoms with Crippen LogP contribution in [0.1, 0.15) is 81.9 Å². The lowest BCUT2D eigenvalue weighted by Crippen LogP contribution is -2.25. The Labute approximate surface area is 224 Å². The monoisotopic (exact) mass is 489 g/mol. The van der Waals surface area contributed by atoms with Gasteiger partial charge in [-0.05, 0) is 85.6 Å². The van der Waals surface area contributed by atoms with Crippen molar-refractivity contribution >= 4 is 17.1 Å². The van der Waals surface area contributed by atoms with Crippen LogP contribution in [0.4, 0.5) is 17.1 Å². The molecule has 3 rings (SSSR count). The molecular formula is C34H39N3. The second kappa shape index (κ2) is 16.0. The fraction of sp³-hybridized carbons (Fsp3) is 0.353. The van der Waals surface area contributed by atoms with Crippen LogP contribution in [0.15, 0.2) is 83.0 Å². The van der Waals surface area contributed by atoms with Gasteiger partial charge in [0.25, 0.3) is 0 Å². The molecule has 0 aliphatic carbocycles. The zero-order chi connectivity index (χ0) is 26.1. The molecule has 0 aliphatic rings. The quantitative estimate of drug-likeness (QED) is 0.133. The first-order valence-corrected chi connectivity index (χ1v) is 13.7. The topological polar surface area (TPSA) is 28.0 Å². The minimum atomic E-state index is 0.770. The lowest BCUT2D eigenvalue weighted by molar-refractivity contribution is 0.609. The second-order valence-electron chi connectivity index (χ2n) is 9.34. The predicted molar refractivity (Wildman–Crippen MR) is 158 cm³/mol. The van der Waals surface area contributed by atoms with E-state index in [1.807, 2.05) is 48.5 Å². The molecule has 190 valence electrons. The molecule has 3 aromatic carbocycles. The van der Waals surface area contributed by atoms with E-state index < -0.39 is 0 Å². The molecule has 0 saturated heterocycles. The number of hydrogen-bond donors (Lipinski definition) is 0. The van der Waals surface area contributed by atoms with Crippen molar-refractivity contribution in [3.05, 3.63) is 89.5 Å². The van der Waals surface area contributed by atoms with Crippen molar-refractivity contribution in [3.63, 3.8) is 0 Å². The van der Waals surface area contributed by atoms with Gasteiger partial charge in [-0.1, -0.05) is 70.1 Å². The molecule has 37 heavy (non-hydrogen) atoms. The Morgan fingerprint density at radius 1 is 0.568 bits per heavy atom. The molecule has 0 N–H and O–H groups in total. The van der Waals surface area contributed by atoms with Crippen molar-refractivity contribution < 1.29 is 0 Å². The number of anilines is 1. The lowest BCUT2D eigenvalue weighted by atomic mass is 10.1. The van der Waals surface area contributed by atoms with Gasteiger partial charge in [-0.3, -0.25) is 0 Å². The summed E-state index contributed by atoms with van der Waals surface area (Å²) in [6.07, 6.45) is 15.7. The average Bonchev–Trinajstić information content (AvgIpc) is 2.95. The second-order valence-corrected chi connectivity index (χ2v) is 9.34. The highest BCUT2D eigenvalue weighted by molar-refractivity contribution is 5.53. The number of azo groups is 1. The highest BCUT2D eigenvalue weighted by Gasteiger charge is 2.06. The maximum atomic E-state index is 5.39. The lowest BCUT2D eigenvalue weighted by Gasteiger charge is -2.25. The van der Waals surface area contributed by atoms with E-state index in [9.17, 15) is 0 Å². The van der Waals surface area contributed by atoms with Gasteiger partial charge in [-0.15, -0.1) is 6.42 Å². The molecule has 0 aromatic heterocycles. The summed E-state index contributed by atoms with van der Waals surface area (Å²) >= 11 is 0. The Morgan fingerprint density at radius 3 is 1.43 bits per heavy atom. The maximum Gasteiger partial charge on any atom is 0.0857 e. The summed E-state index contributed by atoms with van der Waals surface area (Å²) < 4.78 is 0. The van der Waals surface area contributed by atoms with Gasteiger partial charge >= 0.3 is 0 Å². The first kappa shape index (κ1) is 27.8. The van der Waals surface area contributed by atoms with Crippen LogP contribution in [-0.4, -0.2) is 13.1 Å². The molecule has 0 radical (unpaired) electrons. The zero-order valence-electron chi connectivity index (χ0n) is 22.4. The number of hydrogen-bond acceptors (Lipinski definition) is 3. The predicted octanol–water partition coefficient (Wildman–Crippen LogP) is 9.45. The number of rotatable bonds is 13. The summed E-state index contributed by atoms with van der Waals surface area (Å²) in [6.45, 7) is 6.81. The summed E-state index contributed by atoms with van der Waals surface area (Å²) in [5.74, 6) is 9.16. The summed E-state index contributed by atoms with van der Waals surface area (Å²) in [4.78, 5) is 2.55. The van der Waals surface area contributed by atoms with Gasteiger partial charge in [-0.25, -0.2) is 0 Å². The molecule has 0 bridgehead atoms. The number of terminal acetylenes is 1. The Morgan fingerprint density at radius 2 is 1.00 bits per heavy atom. The fourth-order valence-corrected chi connectivity index (χ4v) is 4.08. The van der Waals surface area contributed by atoms with Crippen LogP contribution in [0.25, 0.3) is 0 Å². The standard InChI is InChI=1S/C34H39N3/c1-4-7-9-11-27-37(28-12-10-8-5-2)34-25-19-31(20-26-34)14-13-30-17-23-33(24-18-30)36-35-32-21-15-29(6-3)16-22-32/h3,15-26H,4-5,7-12,27-28H2,1-2H3. The van der Waals surface area contributed by atoms with Gasteiger partial charge in [0.05, 0.1) is 11.4 Å². The summed E-state index contributed by atoms with van der Waals surface area (Å²) in [7, 11) is 0. The summed E-state index contributed by atoms with van der Waals surface area (Å²) in [6, 6.07) is 24.0. The average molecular weight is 490 g/mol. The molecule has 0 aliphatic heterocycles. The molecule has 0 atom stereocenters. The van der Waals surface area contributed by atoms with E-state index in [4.69, 9.17) is 6.42 Å². The van der Waals surface area contributed by atoms with E-state index in [1.165, 1.54) is 57.1 Å². The minimum absolute atomic E-state index is 0.770. The SMILES string of the molecule is C#Cc1ccc(N=Nc2ccc(C#Cc3ccc(N(CCCCCC)CCCCCC)cc3)cc2)cc1. The van der Waals surface area contributed by atoms with Crippen molar-refractivity contribution in [1.29, 1.82) is 0 Å². The summed E-state index contributed by atoms with van der Waals surface area (Å²) in [5, 5.41) is 8.57. The normalized spacial score (nSPS) is 10.6. The number of unbranched alkanes of at least 4 members (excludes halogenated alkanes) is 6. The molecule has 0 amide bonds. The van der Waals surface area contributed by atoms with Crippen LogP contribution in [0, 0.1) is 24.2 Å². The first-order chi connectivity index (χ1) is 18.2. The Hall–Kier alpha value is -3.82. The van der Waals surface area contributed by atoms with Crippen LogP contribution in [0.2, 0.25) is 0 Å². The molecule has 3 nitrogen and oxygen atoms in total. The third-order valence-electron chi connectivity index (χ3n) is 6.33. The third kappa shape index (κ3) is 9.98. The van der Waals surface area contributed by atoms with E-state index in [-0.39, 0.29) is 0 Å². The van der Waals surface area contributed by atoms with Crippen molar-refractivity contribution in [2.45, 2.75) is 65.2 Å². The highest BCUT2D eigenvalue weighted by atomic mass is 15.1. The van der Waals surface area contributed by atoms with Crippen molar-refractivity contribution in [3.8, 4) is 24.2 Å². The molecule has 0 unspecified atom stereocenters. The molecule has 3 heteroatoms. The van der Waals surface area contributed by atoms with Crippen LogP contribution >= 0.6 is 0 Å². The van der Waals surface area contributed by atoms with E-state index >= 15 is 0 Å². The largest absolute Gasteiger partial charge is 0.372 e. The molecule has 0 fully saturated rings. The van der Waals surface area contributed by atoms with Crippen LogP contribution in [-0.2, 0) is 0 Å². The Bertz CT molecular complexity index is 1180. The molecule has 0 saturated carbocycles. The summed E-state index contributed by atoms with van der Waals surface area (Å²) in [5.41, 5.74) is 5.68. The van der Waals surface area contributed by atoms with Crippen LogP contribution in [0.5, 0.6) is 0 Å². The zero-order valence-corrected chi connectivity index (χ0v) is 22.4. The van der Waals surface area contributed by atoms with E-state index in [0.717, 1.165) is 41.2 Å². The van der Waals surface area contributed by atoms with Crippen molar-refractivity contribution in [2.75, 3.05) is 18.0 Å². The van der Waals surface area contributed by atoms with Gasteiger partial charge < -0.3 is 4.90 Å². The van der Waals surface area contributed by atoms with Gasteiger partial charge in [0.1, 0.15) is 0 Å². The third-order valence-corrected chi connectivity index (χ3v) is 6.33. The van der Waals surface area contributed by atoms with Gasteiger partial charge in [-0.2, -0.15) is 10.2 Å². The maximum absolute atomic E-state index is 5.39. The van der Waals surface area contributed by atoms with Crippen LogP contribution in [0.3, 0.4) is 0 Å². The van der Waals surface area contributed by atoms with Crippen LogP contribution < -0.4 is 4.90 Å². The fourth-order valence-electron chi connectivity index (χ4n) is 4.08. The Balaban J connectivity index is 1.59. The van der Waals surface area contributed by atoms with E-state index in [0.29, 0.717) is 0 Å². The molecule has 0 heterocycles. The van der Waals surface area contributed by atoms with E-state index in [2.05, 4.69) is 71.0 Å². The minimum Gasteiger partial charge on any atom is -0.372 e. The number of nitrogens with zero attached hydrogens (tertiary/aromatic N) is 3. The number of benzene rings is 3. The molecule has 3 aromatic rings.